The molecule has 6 atom stereocenters. The number of phosphoric acid groups is 2. The summed E-state index contributed by atoms with van der Waals surface area (Å²) in [6, 6.07) is 0. The second kappa shape index (κ2) is 61.0. The van der Waals surface area contributed by atoms with Crippen molar-refractivity contribution in [1.82, 2.24) is 0 Å². The number of carbonyl (C=O) groups excluding carboxylic acids is 4. The maximum atomic E-state index is 13.0. The Morgan fingerprint density at radius 1 is 0.326 bits per heavy atom. The van der Waals surface area contributed by atoms with E-state index >= 15 is 0 Å². The molecular formula is C70H136O17P2. The van der Waals surface area contributed by atoms with Crippen molar-refractivity contribution in [1.29, 1.82) is 0 Å². The normalized spacial score (nSPS) is 14.5. The Hall–Kier alpha value is -1.94. The van der Waals surface area contributed by atoms with Crippen LogP contribution in [0.4, 0.5) is 0 Å². The predicted molar refractivity (Wildman–Crippen MR) is 358 cm³/mol. The van der Waals surface area contributed by atoms with Crippen molar-refractivity contribution in [3.8, 4) is 0 Å². The lowest BCUT2D eigenvalue weighted by atomic mass is 9.99. The van der Waals surface area contributed by atoms with Crippen LogP contribution in [-0.2, 0) is 65.4 Å². The van der Waals surface area contributed by atoms with Crippen molar-refractivity contribution in [3.63, 3.8) is 0 Å². The summed E-state index contributed by atoms with van der Waals surface area (Å²) in [6.45, 7) is 11.8. The molecule has 0 saturated heterocycles. The van der Waals surface area contributed by atoms with Crippen molar-refractivity contribution < 1.29 is 80.2 Å². The van der Waals surface area contributed by atoms with Crippen LogP contribution in [0.3, 0.4) is 0 Å². The molecule has 89 heavy (non-hydrogen) atoms. The highest BCUT2D eigenvalue weighted by Gasteiger charge is 2.30. The molecule has 0 amide bonds. The van der Waals surface area contributed by atoms with E-state index in [2.05, 4.69) is 48.5 Å². The molecule has 0 aromatic carbocycles. The van der Waals surface area contributed by atoms with Gasteiger partial charge in [-0.3, -0.25) is 37.3 Å². The van der Waals surface area contributed by atoms with E-state index in [4.69, 9.17) is 37.0 Å². The molecule has 0 aliphatic carbocycles. The minimum atomic E-state index is -4.95. The highest BCUT2D eigenvalue weighted by Crippen LogP contribution is 2.45. The van der Waals surface area contributed by atoms with Crippen molar-refractivity contribution in [3.05, 3.63) is 0 Å². The number of carbonyl (C=O) groups is 4. The third-order valence-electron chi connectivity index (χ3n) is 16.5. The van der Waals surface area contributed by atoms with Crippen LogP contribution < -0.4 is 0 Å². The maximum Gasteiger partial charge on any atom is 0.472 e. The van der Waals surface area contributed by atoms with Gasteiger partial charge in [-0.25, -0.2) is 9.13 Å². The quantitative estimate of drug-likeness (QED) is 0.0222. The molecule has 0 fully saturated rings. The van der Waals surface area contributed by atoms with Crippen LogP contribution in [0.25, 0.3) is 0 Å². The van der Waals surface area contributed by atoms with E-state index in [9.17, 15) is 43.2 Å². The van der Waals surface area contributed by atoms with E-state index < -0.39 is 97.5 Å². The van der Waals surface area contributed by atoms with Crippen molar-refractivity contribution in [2.45, 2.75) is 369 Å². The molecule has 0 aromatic rings. The Bertz CT molecular complexity index is 1750. The summed E-state index contributed by atoms with van der Waals surface area (Å²) in [5.74, 6) is 0.210. The number of hydrogen-bond acceptors (Lipinski definition) is 15. The largest absolute Gasteiger partial charge is 0.472 e. The number of rotatable bonds is 68. The number of esters is 4. The molecule has 3 unspecified atom stereocenters. The Kier molecular flexibility index (Phi) is 59.6. The minimum absolute atomic E-state index is 0.104. The lowest BCUT2D eigenvalue weighted by Crippen LogP contribution is -2.30. The average Bonchev–Trinajstić information content (AvgIpc) is 3.71. The Morgan fingerprint density at radius 3 is 0.854 bits per heavy atom. The third kappa shape index (κ3) is 63.2. The first-order valence-electron chi connectivity index (χ1n) is 36.4. The molecule has 0 rings (SSSR count). The Morgan fingerprint density at radius 2 is 0.573 bits per heavy atom. The van der Waals surface area contributed by atoms with E-state index in [1.54, 1.807) is 0 Å². The molecule has 0 aliphatic heterocycles. The first-order chi connectivity index (χ1) is 42.8. The van der Waals surface area contributed by atoms with Crippen LogP contribution in [0.5, 0.6) is 0 Å². The summed E-state index contributed by atoms with van der Waals surface area (Å²) >= 11 is 0. The van der Waals surface area contributed by atoms with Gasteiger partial charge < -0.3 is 33.8 Å². The van der Waals surface area contributed by atoms with Gasteiger partial charge in [0.2, 0.25) is 0 Å². The van der Waals surface area contributed by atoms with Crippen LogP contribution in [0.1, 0.15) is 350 Å². The molecule has 0 aromatic heterocycles. The molecule has 3 N–H and O–H groups in total. The molecule has 17 nitrogen and oxygen atoms in total. The van der Waals surface area contributed by atoms with E-state index in [0.29, 0.717) is 25.7 Å². The number of hydrogen-bond donors (Lipinski definition) is 3. The summed E-state index contributed by atoms with van der Waals surface area (Å²) in [5, 5.41) is 10.6. The van der Waals surface area contributed by atoms with E-state index in [0.717, 1.165) is 114 Å². The molecule has 0 heterocycles. The maximum absolute atomic E-state index is 13.0. The van der Waals surface area contributed by atoms with Gasteiger partial charge in [0.1, 0.15) is 19.3 Å². The van der Waals surface area contributed by atoms with E-state index in [1.807, 2.05) is 0 Å². The Labute approximate surface area is 543 Å². The lowest BCUT2D eigenvalue weighted by molar-refractivity contribution is -0.161. The third-order valence-corrected chi connectivity index (χ3v) is 18.4. The first-order valence-corrected chi connectivity index (χ1v) is 39.4. The predicted octanol–water partition coefficient (Wildman–Crippen LogP) is 19.8. The zero-order chi connectivity index (χ0) is 65.9. The first kappa shape index (κ1) is 87.1. The van der Waals surface area contributed by atoms with Gasteiger partial charge in [-0.2, -0.15) is 0 Å². The standard InChI is InChI=1S/C70H136O17P2/c1-8-10-11-34-44-51-67(72)80-57-65(86-70(75)54-47-40-33-27-26-30-37-43-50-63(7)9-2)59-84-88(76,77)82-55-64(71)56-83-89(78,79)85-60-66(87-69(74)53-46-39-32-25-21-17-13-15-19-23-29-36-42-49-62(5)6)58-81-68(73)52-45-38-31-24-20-16-12-14-18-22-28-35-41-48-61(3)4/h61-66,71H,8-60H2,1-7H3,(H,76,77)(H,78,79)/t63?,64-,65+,66+/m0/s1. The molecule has 19 heteroatoms. The van der Waals surface area contributed by atoms with Gasteiger partial charge in [0, 0.05) is 25.7 Å². The number of aliphatic hydroxyl groups excluding tert-OH is 1. The van der Waals surface area contributed by atoms with Crippen LogP contribution in [0.15, 0.2) is 0 Å². The highest BCUT2D eigenvalue weighted by atomic mass is 31.2. The topological polar surface area (TPSA) is 237 Å². The van der Waals surface area contributed by atoms with Crippen LogP contribution in [-0.4, -0.2) is 96.7 Å². The van der Waals surface area contributed by atoms with Gasteiger partial charge in [-0.05, 0) is 43.4 Å². The number of unbranched alkanes of at least 4 members (excludes halogenated alkanes) is 35. The number of phosphoric ester groups is 2. The average molecular weight is 1310 g/mol. The van der Waals surface area contributed by atoms with Gasteiger partial charge in [-0.1, -0.05) is 299 Å². The summed E-state index contributed by atoms with van der Waals surface area (Å²) in [6.07, 6.45) is 44.7. The van der Waals surface area contributed by atoms with Gasteiger partial charge >= 0.3 is 39.5 Å². The van der Waals surface area contributed by atoms with E-state index in [1.165, 1.54) is 154 Å². The molecule has 0 spiro atoms. The summed E-state index contributed by atoms with van der Waals surface area (Å²) in [5.41, 5.74) is 0. The molecule has 0 saturated carbocycles. The molecular weight excluding hydrogens is 1170 g/mol. The summed E-state index contributed by atoms with van der Waals surface area (Å²) in [4.78, 5) is 72.3. The van der Waals surface area contributed by atoms with E-state index in [-0.39, 0.29) is 25.7 Å². The van der Waals surface area contributed by atoms with Gasteiger partial charge in [0.25, 0.3) is 0 Å². The van der Waals surface area contributed by atoms with Crippen LogP contribution >= 0.6 is 15.6 Å². The monoisotopic (exact) mass is 1310 g/mol. The van der Waals surface area contributed by atoms with Crippen LogP contribution in [0, 0.1) is 17.8 Å². The van der Waals surface area contributed by atoms with Gasteiger partial charge in [-0.15, -0.1) is 0 Å². The summed E-state index contributed by atoms with van der Waals surface area (Å²) < 4.78 is 68.1. The zero-order valence-electron chi connectivity index (χ0n) is 57.9. The number of aliphatic hydroxyl groups is 1. The van der Waals surface area contributed by atoms with Crippen molar-refractivity contribution >= 4 is 39.5 Å². The fourth-order valence-corrected chi connectivity index (χ4v) is 12.1. The summed E-state index contributed by atoms with van der Waals surface area (Å²) in [7, 11) is -9.89. The van der Waals surface area contributed by atoms with Crippen LogP contribution in [0.2, 0.25) is 0 Å². The second-order valence-corrected chi connectivity index (χ2v) is 29.4. The molecule has 0 bridgehead atoms. The SMILES string of the molecule is CCCCCCCC(=O)OC[C@H](COP(=O)(O)OC[C@H](O)COP(=O)(O)OC[C@@H](COC(=O)CCCCCCCCCCCCCCCC(C)C)OC(=O)CCCCCCCCCCCCCCCC(C)C)OC(=O)CCCCCCCCCCC(C)CC. The fraction of sp³-hybridized carbons (Fsp3) is 0.943. The van der Waals surface area contributed by atoms with Crippen molar-refractivity contribution in [2.75, 3.05) is 39.6 Å². The molecule has 0 aliphatic rings. The smallest absolute Gasteiger partial charge is 0.462 e. The number of ether oxygens (including phenoxy) is 4. The minimum Gasteiger partial charge on any atom is -0.462 e. The van der Waals surface area contributed by atoms with Gasteiger partial charge in [0.05, 0.1) is 26.4 Å². The van der Waals surface area contributed by atoms with Crippen molar-refractivity contribution in [2.24, 2.45) is 17.8 Å². The molecule has 528 valence electrons. The highest BCUT2D eigenvalue weighted by molar-refractivity contribution is 7.47. The Balaban J connectivity index is 5.17. The zero-order valence-corrected chi connectivity index (χ0v) is 59.7. The second-order valence-electron chi connectivity index (χ2n) is 26.5. The van der Waals surface area contributed by atoms with Gasteiger partial charge in [0.15, 0.2) is 12.2 Å². The fourth-order valence-electron chi connectivity index (χ4n) is 10.5. The molecule has 0 radical (unpaired) electrons. The lowest BCUT2D eigenvalue weighted by Gasteiger charge is -2.21.